The fourth-order valence-electron chi connectivity index (χ4n) is 4.62. The van der Waals surface area contributed by atoms with Crippen molar-refractivity contribution in [3.8, 4) is 16.9 Å². The van der Waals surface area contributed by atoms with Crippen LogP contribution in [0, 0.1) is 5.92 Å². The SMILES string of the molecule is CC1CN(c2ncc(-c3ccc(OC(F)(F)F)cc3)cc2C(=O)NS(=O)(=O)c2cccc(N)n2)C(C)(C)C1. The first-order valence-electron chi connectivity index (χ1n) is 11.6. The highest BCUT2D eigenvalue weighted by Gasteiger charge is 2.39. The summed E-state index contributed by atoms with van der Waals surface area (Å²) in [5.74, 6) is -0.795. The van der Waals surface area contributed by atoms with Crippen molar-refractivity contribution in [2.45, 2.75) is 44.1 Å². The van der Waals surface area contributed by atoms with Crippen LogP contribution in [0.4, 0.5) is 24.8 Å². The molecule has 0 aliphatic carbocycles. The van der Waals surface area contributed by atoms with Crippen LogP contribution < -0.4 is 20.1 Å². The van der Waals surface area contributed by atoms with Gasteiger partial charge in [0, 0.05) is 23.8 Å². The van der Waals surface area contributed by atoms with E-state index in [1.165, 1.54) is 42.6 Å². The number of rotatable bonds is 6. The summed E-state index contributed by atoms with van der Waals surface area (Å²) >= 11 is 0. The van der Waals surface area contributed by atoms with Gasteiger partial charge in [0.2, 0.25) is 0 Å². The van der Waals surface area contributed by atoms with Crippen molar-refractivity contribution < 1.29 is 31.1 Å². The predicted octanol–water partition coefficient (Wildman–Crippen LogP) is 4.37. The highest BCUT2D eigenvalue weighted by atomic mass is 32.2. The fraction of sp³-hybridized carbons (Fsp3) is 0.320. The lowest BCUT2D eigenvalue weighted by Crippen LogP contribution is -2.41. The molecule has 0 saturated carbocycles. The average molecular weight is 550 g/mol. The molecule has 1 unspecified atom stereocenters. The van der Waals surface area contributed by atoms with E-state index in [1.807, 2.05) is 23.5 Å². The molecule has 13 heteroatoms. The van der Waals surface area contributed by atoms with Crippen molar-refractivity contribution in [1.82, 2.24) is 14.7 Å². The molecule has 1 saturated heterocycles. The second kappa shape index (κ2) is 9.78. The maximum absolute atomic E-state index is 13.4. The average Bonchev–Trinajstić information content (AvgIpc) is 3.09. The summed E-state index contributed by atoms with van der Waals surface area (Å²) in [6.07, 6.45) is -2.53. The third-order valence-corrected chi connectivity index (χ3v) is 7.34. The number of carbonyl (C=O) groups is 1. The van der Waals surface area contributed by atoms with Crippen molar-refractivity contribution in [3.05, 3.63) is 60.3 Å². The molecule has 3 aromatic rings. The zero-order chi connectivity index (χ0) is 27.9. The number of nitrogens with one attached hydrogen (secondary N) is 1. The molecule has 1 aliphatic heterocycles. The van der Waals surface area contributed by atoms with Crippen LogP contribution in [0.25, 0.3) is 11.1 Å². The number of alkyl halides is 3. The van der Waals surface area contributed by atoms with Crippen LogP contribution in [-0.2, 0) is 10.0 Å². The number of nitrogens with two attached hydrogens (primary N) is 1. The number of anilines is 2. The molecule has 2 aromatic heterocycles. The third-order valence-electron chi connectivity index (χ3n) is 6.11. The van der Waals surface area contributed by atoms with Crippen molar-refractivity contribution in [2.75, 3.05) is 17.2 Å². The molecule has 9 nitrogen and oxygen atoms in total. The van der Waals surface area contributed by atoms with Crippen LogP contribution in [-0.4, -0.2) is 42.7 Å². The Kier molecular flexibility index (Phi) is 6.99. The Morgan fingerprint density at radius 3 is 2.42 bits per heavy atom. The molecule has 1 aliphatic rings. The number of nitrogens with zero attached hydrogens (tertiary/aromatic N) is 3. The maximum atomic E-state index is 13.4. The maximum Gasteiger partial charge on any atom is 0.573 e. The van der Waals surface area contributed by atoms with Crippen molar-refractivity contribution >= 4 is 27.6 Å². The second-order valence-corrected chi connectivity index (χ2v) is 11.4. The number of sulfonamides is 1. The fourth-order valence-corrected chi connectivity index (χ4v) is 5.56. The van der Waals surface area contributed by atoms with Crippen LogP contribution >= 0.6 is 0 Å². The number of halogens is 3. The number of hydrogen-bond acceptors (Lipinski definition) is 8. The standard InChI is InChI=1S/C25H26F3N5O4S/c1-15-12-24(2,3)33(14-15)22-19(23(34)32-38(35,36)21-6-4-5-20(29)31-21)11-17(13-30-22)16-7-9-18(10-8-16)37-25(26,27)28/h4-11,13,15H,12,14H2,1-3H3,(H2,29,31)(H,32,34). The van der Waals surface area contributed by atoms with Crippen molar-refractivity contribution in [1.29, 1.82) is 0 Å². The Bertz CT molecular complexity index is 1460. The van der Waals surface area contributed by atoms with E-state index in [4.69, 9.17) is 5.73 Å². The lowest BCUT2D eigenvalue weighted by atomic mass is 9.97. The minimum Gasteiger partial charge on any atom is -0.406 e. The molecule has 1 amide bonds. The van der Waals surface area contributed by atoms with Crippen molar-refractivity contribution in [2.24, 2.45) is 5.92 Å². The lowest BCUT2D eigenvalue weighted by molar-refractivity contribution is -0.274. The van der Waals surface area contributed by atoms with E-state index < -0.39 is 33.1 Å². The number of benzene rings is 1. The van der Waals surface area contributed by atoms with Gasteiger partial charge in [0.25, 0.3) is 15.9 Å². The molecule has 1 atom stereocenters. The van der Waals surface area contributed by atoms with Gasteiger partial charge in [-0.05, 0) is 62.1 Å². The minimum absolute atomic E-state index is 0.0206. The van der Waals surface area contributed by atoms with Crippen LogP contribution in [0.3, 0.4) is 0 Å². The number of hydrogen-bond donors (Lipinski definition) is 2. The van der Waals surface area contributed by atoms with Gasteiger partial charge in [-0.1, -0.05) is 25.1 Å². The first-order chi connectivity index (χ1) is 17.6. The van der Waals surface area contributed by atoms with E-state index in [-0.39, 0.29) is 22.7 Å². The molecular weight excluding hydrogens is 523 g/mol. The van der Waals surface area contributed by atoms with Gasteiger partial charge in [0.1, 0.15) is 17.4 Å². The topological polar surface area (TPSA) is 128 Å². The molecule has 202 valence electrons. The Morgan fingerprint density at radius 1 is 1.16 bits per heavy atom. The van der Waals surface area contributed by atoms with E-state index in [0.29, 0.717) is 23.6 Å². The lowest BCUT2D eigenvalue weighted by Gasteiger charge is -2.33. The quantitative estimate of drug-likeness (QED) is 0.464. The molecule has 3 heterocycles. The second-order valence-electron chi connectivity index (χ2n) is 9.73. The molecule has 0 bridgehead atoms. The van der Waals surface area contributed by atoms with Gasteiger partial charge in [-0.15, -0.1) is 13.2 Å². The Labute approximate surface area is 217 Å². The predicted molar refractivity (Wildman–Crippen MR) is 135 cm³/mol. The van der Waals surface area contributed by atoms with E-state index in [9.17, 15) is 26.4 Å². The summed E-state index contributed by atoms with van der Waals surface area (Å²) in [5.41, 5.74) is 6.05. The van der Waals surface area contributed by atoms with Crippen LogP contribution in [0.2, 0.25) is 0 Å². The zero-order valence-corrected chi connectivity index (χ0v) is 21.6. The molecule has 1 aromatic carbocycles. The first-order valence-corrected chi connectivity index (χ1v) is 13.1. The number of nitrogen functional groups attached to an aromatic ring is 1. The summed E-state index contributed by atoms with van der Waals surface area (Å²) in [6.45, 7) is 6.66. The van der Waals surface area contributed by atoms with Gasteiger partial charge >= 0.3 is 6.36 Å². The number of pyridine rings is 2. The van der Waals surface area contributed by atoms with E-state index in [1.54, 1.807) is 0 Å². The largest absolute Gasteiger partial charge is 0.573 e. The van der Waals surface area contributed by atoms with Gasteiger partial charge in [-0.25, -0.2) is 14.7 Å². The number of aromatic nitrogens is 2. The number of carbonyl (C=O) groups excluding carboxylic acids is 1. The molecule has 1 fully saturated rings. The number of amides is 1. The monoisotopic (exact) mass is 549 g/mol. The van der Waals surface area contributed by atoms with Crippen molar-refractivity contribution in [3.63, 3.8) is 0 Å². The highest BCUT2D eigenvalue weighted by Crippen LogP contribution is 2.38. The van der Waals surface area contributed by atoms with Crippen LogP contribution in [0.15, 0.2) is 59.8 Å². The molecule has 0 spiro atoms. The van der Waals surface area contributed by atoms with Gasteiger partial charge < -0.3 is 15.4 Å². The summed E-state index contributed by atoms with van der Waals surface area (Å²) < 4.78 is 69.3. The van der Waals surface area contributed by atoms with Gasteiger partial charge in [-0.2, -0.15) is 8.42 Å². The number of ether oxygens (including phenoxy) is 1. The highest BCUT2D eigenvalue weighted by molar-refractivity contribution is 7.90. The Hall–Kier alpha value is -3.87. The van der Waals surface area contributed by atoms with Gasteiger partial charge in [0.05, 0.1) is 5.56 Å². The molecule has 4 rings (SSSR count). The first kappa shape index (κ1) is 27.2. The minimum atomic E-state index is -4.83. The summed E-state index contributed by atoms with van der Waals surface area (Å²) in [4.78, 5) is 23.7. The Balaban J connectivity index is 1.74. The normalized spacial score (nSPS) is 17.3. The molecule has 3 N–H and O–H groups in total. The smallest absolute Gasteiger partial charge is 0.406 e. The van der Waals surface area contributed by atoms with E-state index in [2.05, 4.69) is 21.6 Å². The van der Waals surface area contributed by atoms with Gasteiger partial charge in [-0.3, -0.25) is 4.79 Å². The molecule has 0 radical (unpaired) electrons. The van der Waals surface area contributed by atoms with Crippen LogP contribution in [0.1, 0.15) is 37.6 Å². The zero-order valence-electron chi connectivity index (χ0n) is 20.8. The van der Waals surface area contributed by atoms with E-state index in [0.717, 1.165) is 18.6 Å². The van der Waals surface area contributed by atoms with E-state index >= 15 is 0 Å². The Morgan fingerprint density at radius 2 is 1.84 bits per heavy atom. The third kappa shape index (κ3) is 5.98. The molecular formula is C25H26F3N5O4S. The summed E-state index contributed by atoms with van der Waals surface area (Å²) in [6, 6.07) is 10.5. The summed E-state index contributed by atoms with van der Waals surface area (Å²) in [7, 11) is -4.37. The van der Waals surface area contributed by atoms with Crippen LogP contribution in [0.5, 0.6) is 5.75 Å². The molecule has 38 heavy (non-hydrogen) atoms. The summed E-state index contributed by atoms with van der Waals surface area (Å²) in [5, 5.41) is -0.424. The van der Waals surface area contributed by atoms with Gasteiger partial charge in [0.15, 0.2) is 5.03 Å².